The van der Waals surface area contributed by atoms with Gasteiger partial charge in [-0.2, -0.15) is 0 Å². The molecular weight excluding hydrogens is 172 g/mol. The molecule has 13 heavy (non-hydrogen) atoms. The van der Waals surface area contributed by atoms with Gasteiger partial charge in [-0.3, -0.25) is 0 Å². The maximum atomic E-state index is 10.2. The van der Waals surface area contributed by atoms with Crippen LogP contribution in [0.3, 0.4) is 0 Å². The maximum Gasteiger partial charge on any atom is 0.348 e. The molecule has 1 aliphatic heterocycles. The molecule has 0 spiro atoms. The number of carbonyl (C=O) groups is 2. The van der Waals surface area contributed by atoms with Gasteiger partial charge in [0.2, 0.25) is 0 Å². The van der Waals surface area contributed by atoms with E-state index in [0.29, 0.717) is 0 Å². The molecule has 1 aliphatic rings. The van der Waals surface area contributed by atoms with E-state index < -0.39 is 5.97 Å². The van der Waals surface area contributed by atoms with Gasteiger partial charge in [0.1, 0.15) is 0 Å². The van der Waals surface area contributed by atoms with Crippen molar-refractivity contribution in [3.8, 4) is 0 Å². The summed E-state index contributed by atoms with van der Waals surface area (Å²) in [4.78, 5) is 19.4. The number of rotatable bonds is 4. The van der Waals surface area contributed by atoms with Gasteiger partial charge in [-0.25, -0.2) is 9.59 Å². The molecule has 1 saturated heterocycles. The number of carbonyl (C=O) groups excluding carboxylic acids is 1. The highest BCUT2D eigenvalue weighted by Gasteiger charge is 2.36. The number of cyclic esters (lactones) is 1. The molecule has 74 valence electrons. The van der Waals surface area contributed by atoms with Gasteiger partial charge in [0, 0.05) is 6.08 Å². The quantitative estimate of drug-likeness (QED) is 0.531. The van der Waals surface area contributed by atoms with Crippen LogP contribution in [0.2, 0.25) is 0 Å². The summed E-state index contributed by atoms with van der Waals surface area (Å²) in [5.41, 5.74) is 0. The van der Waals surface area contributed by atoms with Crippen molar-refractivity contribution in [2.24, 2.45) is 0 Å². The topological polar surface area (TPSA) is 66.9 Å². The van der Waals surface area contributed by atoms with Crippen molar-refractivity contribution in [2.45, 2.75) is 32.3 Å². The predicted molar refractivity (Wildman–Crippen MR) is 47.2 cm³/mol. The van der Waals surface area contributed by atoms with Crippen LogP contribution in [0.5, 0.6) is 0 Å². The van der Waals surface area contributed by atoms with E-state index in [-0.39, 0.29) is 12.1 Å². The van der Waals surface area contributed by atoms with Crippen molar-refractivity contribution in [1.82, 2.24) is 0 Å². The van der Waals surface area contributed by atoms with Gasteiger partial charge in [0.25, 0.3) is 0 Å². The SMILES string of the molecule is C=CC(=O)O.CCCCC1OC1=O. The summed E-state index contributed by atoms with van der Waals surface area (Å²) in [6.07, 6.45) is 3.99. The minimum Gasteiger partial charge on any atom is -0.478 e. The molecule has 1 rings (SSSR count). The van der Waals surface area contributed by atoms with Crippen LogP contribution < -0.4 is 0 Å². The monoisotopic (exact) mass is 186 g/mol. The third-order valence-electron chi connectivity index (χ3n) is 1.46. The molecule has 0 amide bonds. The summed E-state index contributed by atoms with van der Waals surface area (Å²) >= 11 is 0. The summed E-state index contributed by atoms with van der Waals surface area (Å²) in [5, 5.41) is 7.60. The van der Waals surface area contributed by atoms with Gasteiger partial charge in [-0.15, -0.1) is 0 Å². The lowest BCUT2D eigenvalue weighted by Crippen LogP contribution is -1.85. The molecule has 0 aromatic heterocycles. The van der Waals surface area contributed by atoms with Crippen LogP contribution in [-0.2, 0) is 14.3 Å². The van der Waals surface area contributed by atoms with E-state index in [0.717, 1.165) is 25.3 Å². The number of ether oxygens (including phenoxy) is 1. The van der Waals surface area contributed by atoms with Crippen molar-refractivity contribution in [2.75, 3.05) is 0 Å². The molecular formula is C9H14O4. The van der Waals surface area contributed by atoms with Gasteiger partial charge in [0.15, 0.2) is 6.10 Å². The number of epoxide rings is 1. The molecule has 0 bridgehead atoms. The summed E-state index contributed by atoms with van der Waals surface area (Å²) in [6, 6.07) is 0. The molecule has 1 unspecified atom stereocenters. The van der Waals surface area contributed by atoms with E-state index >= 15 is 0 Å². The minimum absolute atomic E-state index is 0.0153. The standard InChI is InChI=1S/C6H10O2.C3H4O2/c1-2-3-4-5-6(7)8-5;1-2-3(4)5/h5H,2-4H2,1H3;2H,1H2,(H,4,5). The Morgan fingerprint density at radius 2 is 2.23 bits per heavy atom. The summed E-state index contributed by atoms with van der Waals surface area (Å²) in [6.45, 7) is 5.06. The average Bonchev–Trinajstić information content (AvgIpc) is 2.79. The molecule has 1 heterocycles. The first-order chi connectivity index (χ1) is 6.11. The lowest BCUT2D eigenvalue weighted by atomic mass is 10.2. The van der Waals surface area contributed by atoms with Crippen LogP contribution in [0.25, 0.3) is 0 Å². The van der Waals surface area contributed by atoms with Crippen molar-refractivity contribution in [3.63, 3.8) is 0 Å². The Morgan fingerprint density at radius 3 is 2.46 bits per heavy atom. The molecule has 0 aromatic rings. The van der Waals surface area contributed by atoms with Crippen LogP contribution in [-0.4, -0.2) is 23.1 Å². The molecule has 0 radical (unpaired) electrons. The van der Waals surface area contributed by atoms with E-state index in [1.54, 1.807) is 0 Å². The van der Waals surface area contributed by atoms with Gasteiger partial charge in [-0.1, -0.05) is 19.9 Å². The van der Waals surface area contributed by atoms with E-state index in [1.807, 2.05) is 0 Å². The molecule has 1 N–H and O–H groups in total. The number of unbranched alkanes of at least 4 members (excludes halogenated alkanes) is 1. The second-order valence-electron chi connectivity index (χ2n) is 2.61. The Labute approximate surface area is 77.2 Å². The van der Waals surface area contributed by atoms with Crippen LogP contribution in [0.1, 0.15) is 26.2 Å². The van der Waals surface area contributed by atoms with E-state index in [1.165, 1.54) is 0 Å². The van der Waals surface area contributed by atoms with Gasteiger partial charge in [-0.05, 0) is 12.8 Å². The molecule has 0 aliphatic carbocycles. The zero-order chi connectivity index (χ0) is 10.3. The molecule has 0 aromatic carbocycles. The largest absolute Gasteiger partial charge is 0.478 e. The highest BCUT2D eigenvalue weighted by atomic mass is 16.6. The molecule has 4 nitrogen and oxygen atoms in total. The first-order valence-corrected chi connectivity index (χ1v) is 4.17. The van der Waals surface area contributed by atoms with E-state index in [9.17, 15) is 9.59 Å². The fraction of sp³-hybridized carbons (Fsp3) is 0.556. The number of hydrogen-bond acceptors (Lipinski definition) is 3. The summed E-state index contributed by atoms with van der Waals surface area (Å²) in [7, 11) is 0. The Kier molecular flexibility index (Phi) is 5.59. The smallest absolute Gasteiger partial charge is 0.348 e. The Hall–Kier alpha value is -1.32. The third-order valence-corrected chi connectivity index (χ3v) is 1.46. The lowest BCUT2D eigenvalue weighted by Gasteiger charge is -1.84. The molecule has 4 heteroatoms. The first-order valence-electron chi connectivity index (χ1n) is 4.17. The van der Waals surface area contributed by atoms with Crippen LogP contribution in [0.4, 0.5) is 0 Å². The lowest BCUT2D eigenvalue weighted by molar-refractivity contribution is -0.131. The second kappa shape index (κ2) is 6.22. The third kappa shape index (κ3) is 7.05. The normalized spacial score (nSPS) is 17.9. The fourth-order valence-corrected chi connectivity index (χ4v) is 0.672. The summed E-state index contributed by atoms with van der Waals surface area (Å²) in [5.74, 6) is -0.997. The Morgan fingerprint density at radius 1 is 1.77 bits per heavy atom. The number of hydrogen-bond donors (Lipinski definition) is 1. The van der Waals surface area contributed by atoms with Crippen LogP contribution >= 0.6 is 0 Å². The molecule has 1 fully saturated rings. The first kappa shape index (κ1) is 11.7. The number of aliphatic carboxylic acids is 1. The summed E-state index contributed by atoms with van der Waals surface area (Å²) < 4.78 is 4.58. The van der Waals surface area contributed by atoms with Crippen molar-refractivity contribution < 1.29 is 19.4 Å². The van der Waals surface area contributed by atoms with Gasteiger partial charge in [0.05, 0.1) is 0 Å². The highest BCUT2D eigenvalue weighted by Crippen LogP contribution is 2.18. The fourth-order valence-electron chi connectivity index (χ4n) is 0.672. The van der Waals surface area contributed by atoms with Crippen molar-refractivity contribution in [3.05, 3.63) is 12.7 Å². The number of carboxylic acid groups (broad SMARTS) is 1. The van der Waals surface area contributed by atoms with E-state index in [2.05, 4.69) is 18.2 Å². The van der Waals surface area contributed by atoms with Gasteiger partial charge >= 0.3 is 11.9 Å². The van der Waals surface area contributed by atoms with E-state index in [4.69, 9.17) is 5.11 Å². The molecule has 1 atom stereocenters. The highest BCUT2D eigenvalue weighted by molar-refractivity contribution is 5.87. The minimum atomic E-state index is -0.981. The zero-order valence-electron chi connectivity index (χ0n) is 7.66. The number of carboxylic acids is 1. The maximum absolute atomic E-state index is 10.2. The Balaban J connectivity index is 0.000000252. The zero-order valence-corrected chi connectivity index (χ0v) is 7.66. The predicted octanol–water partition coefficient (Wildman–Crippen LogP) is 1.36. The Bertz CT molecular complexity index is 198. The second-order valence-corrected chi connectivity index (χ2v) is 2.61. The average molecular weight is 186 g/mol. The van der Waals surface area contributed by atoms with Crippen molar-refractivity contribution in [1.29, 1.82) is 0 Å². The van der Waals surface area contributed by atoms with Crippen LogP contribution in [0, 0.1) is 0 Å². The molecule has 0 saturated carbocycles. The van der Waals surface area contributed by atoms with Gasteiger partial charge < -0.3 is 9.84 Å². The van der Waals surface area contributed by atoms with Crippen molar-refractivity contribution >= 4 is 11.9 Å². The van der Waals surface area contributed by atoms with Crippen LogP contribution in [0.15, 0.2) is 12.7 Å².